The van der Waals surface area contributed by atoms with Crippen molar-refractivity contribution in [2.24, 2.45) is 0 Å². The highest BCUT2D eigenvalue weighted by Crippen LogP contribution is 2.27. The van der Waals surface area contributed by atoms with Gasteiger partial charge in [0, 0.05) is 12.6 Å². The van der Waals surface area contributed by atoms with Gasteiger partial charge in [-0.05, 0) is 45.7 Å². The van der Waals surface area contributed by atoms with Crippen LogP contribution in [0, 0.1) is 6.92 Å². The van der Waals surface area contributed by atoms with Gasteiger partial charge < -0.3 is 0 Å². The number of aryl methyl sites for hydroxylation is 1. The Labute approximate surface area is 116 Å². The van der Waals surface area contributed by atoms with Crippen LogP contribution >= 0.6 is 0 Å². The highest BCUT2D eigenvalue weighted by Gasteiger charge is 2.33. The topological polar surface area (TPSA) is 37.4 Å². The quantitative estimate of drug-likeness (QED) is 0.797. The fourth-order valence-corrected chi connectivity index (χ4v) is 4.10. The van der Waals surface area contributed by atoms with Crippen LogP contribution in [0.4, 0.5) is 0 Å². The van der Waals surface area contributed by atoms with E-state index in [2.05, 4.69) is 6.08 Å². The molecule has 1 fully saturated rings. The second-order valence-corrected chi connectivity index (χ2v) is 7.27. The van der Waals surface area contributed by atoms with E-state index in [9.17, 15) is 8.42 Å². The van der Waals surface area contributed by atoms with Crippen LogP contribution in [-0.4, -0.2) is 25.3 Å². The average Bonchev–Trinajstić information content (AvgIpc) is 2.77. The monoisotopic (exact) mass is 279 g/mol. The van der Waals surface area contributed by atoms with Crippen LogP contribution in [0.25, 0.3) is 0 Å². The first-order valence-corrected chi connectivity index (χ1v) is 8.09. The minimum absolute atomic E-state index is 0.0105. The summed E-state index contributed by atoms with van der Waals surface area (Å²) in [4.78, 5) is 0.396. The van der Waals surface area contributed by atoms with Crippen molar-refractivity contribution in [2.75, 3.05) is 6.54 Å². The molecule has 1 saturated heterocycles. The summed E-state index contributed by atoms with van der Waals surface area (Å²) >= 11 is 0. The average molecular weight is 279 g/mol. The van der Waals surface area contributed by atoms with E-state index in [0.717, 1.165) is 24.0 Å². The Hall–Kier alpha value is -1.13. The SMILES string of the molecule is CC(C)=C[C@H]1CCCN1S(=O)(=O)c1ccc(C)cc1. The summed E-state index contributed by atoms with van der Waals surface area (Å²) < 4.78 is 26.9. The van der Waals surface area contributed by atoms with Crippen molar-refractivity contribution in [3.8, 4) is 0 Å². The molecule has 4 heteroatoms. The van der Waals surface area contributed by atoms with Gasteiger partial charge >= 0.3 is 0 Å². The molecule has 0 spiro atoms. The molecule has 0 radical (unpaired) electrons. The Morgan fingerprint density at radius 2 is 1.89 bits per heavy atom. The van der Waals surface area contributed by atoms with Crippen LogP contribution < -0.4 is 0 Å². The lowest BCUT2D eigenvalue weighted by molar-refractivity contribution is 0.431. The maximum absolute atomic E-state index is 12.6. The first-order chi connectivity index (χ1) is 8.91. The van der Waals surface area contributed by atoms with Crippen LogP contribution in [0.5, 0.6) is 0 Å². The van der Waals surface area contributed by atoms with Crippen molar-refractivity contribution in [3.63, 3.8) is 0 Å². The Bertz CT molecular complexity index is 569. The van der Waals surface area contributed by atoms with E-state index in [0.29, 0.717) is 11.4 Å². The first-order valence-electron chi connectivity index (χ1n) is 6.65. The van der Waals surface area contributed by atoms with Gasteiger partial charge in [0.15, 0.2) is 0 Å². The van der Waals surface area contributed by atoms with E-state index in [-0.39, 0.29) is 6.04 Å². The van der Waals surface area contributed by atoms with Gasteiger partial charge in [-0.25, -0.2) is 8.42 Å². The second kappa shape index (κ2) is 5.47. The zero-order valence-corrected chi connectivity index (χ0v) is 12.6. The summed E-state index contributed by atoms with van der Waals surface area (Å²) in [5, 5.41) is 0. The van der Waals surface area contributed by atoms with Crippen LogP contribution in [0.1, 0.15) is 32.3 Å². The Morgan fingerprint density at radius 1 is 1.26 bits per heavy atom. The minimum atomic E-state index is -3.36. The summed E-state index contributed by atoms with van der Waals surface area (Å²) in [6, 6.07) is 7.10. The normalized spacial score (nSPS) is 20.5. The molecule has 1 aromatic rings. The van der Waals surface area contributed by atoms with Gasteiger partial charge in [-0.15, -0.1) is 0 Å². The third-order valence-electron chi connectivity index (χ3n) is 3.40. The van der Waals surface area contributed by atoms with Gasteiger partial charge in [0.2, 0.25) is 10.0 Å². The van der Waals surface area contributed by atoms with Crippen molar-refractivity contribution in [3.05, 3.63) is 41.5 Å². The lowest BCUT2D eigenvalue weighted by atomic mass is 10.2. The fraction of sp³-hybridized carbons (Fsp3) is 0.467. The fourth-order valence-electron chi connectivity index (χ4n) is 2.46. The van der Waals surface area contributed by atoms with Gasteiger partial charge in [-0.3, -0.25) is 0 Å². The molecule has 1 aliphatic heterocycles. The highest BCUT2D eigenvalue weighted by molar-refractivity contribution is 7.89. The predicted molar refractivity (Wildman–Crippen MR) is 77.5 cm³/mol. The van der Waals surface area contributed by atoms with Gasteiger partial charge in [0.1, 0.15) is 0 Å². The molecule has 0 aromatic heterocycles. The molecule has 0 amide bonds. The molecule has 0 saturated carbocycles. The minimum Gasteiger partial charge on any atom is -0.207 e. The van der Waals surface area contributed by atoms with Crippen molar-refractivity contribution in [2.45, 2.75) is 44.6 Å². The summed E-state index contributed by atoms with van der Waals surface area (Å²) in [6.07, 6.45) is 3.90. The highest BCUT2D eigenvalue weighted by atomic mass is 32.2. The molecule has 0 N–H and O–H groups in total. The molecular weight excluding hydrogens is 258 g/mol. The van der Waals surface area contributed by atoms with E-state index in [1.54, 1.807) is 16.4 Å². The number of hydrogen-bond donors (Lipinski definition) is 0. The number of nitrogens with zero attached hydrogens (tertiary/aromatic N) is 1. The molecule has 0 bridgehead atoms. The van der Waals surface area contributed by atoms with Crippen LogP contribution in [0.3, 0.4) is 0 Å². The summed E-state index contributed by atoms with van der Waals surface area (Å²) in [6.45, 7) is 6.59. The first kappa shape index (κ1) is 14.3. The summed E-state index contributed by atoms with van der Waals surface area (Å²) in [7, 11) is -3.36. The van der Waals surface area contributed by atoms with Gasteiger partial charge in [0.05, 0.1) is 4.90 Å². The second-order valence-electron chi connectivity index (χ2n) is 5.38. The van der Waals surface area contributed by atoms with Gasteiger partial charge in [-0.1, -0.05) is 29.3 Å². The van der Waals surface area contributed by atoms with E-state index < -0.39 is 10.0 Å². The smallest absolute Gasteiger partial charge is 0.207 e. The van der Waals surface area contributed by atoms with Crippen molar-refractivity contribution in [1.82, 2.24) is 4.31 Å². The molecule has 1 atom stereocenters. The molecule has 1 aromatic carbocycles. The summed E-state index contributed by atoms with van der Waals surface area (Å²) in [5.74, 6) is 0. The molecule has 0 unspecified atom stereocenters. The summed E-state index contributed by atoms with van der Waals surface area (Å²) in [5.41, 5.74) is 2.23. The third-order valence-corrected chi connectivity index (χ3v) is 5.34. The predicted octanol–water partition coefficient (Wildman–Crippen LogP) is 3.11. The van der Waals surface area contributed by atoms with Crippen molar-refractivity contribution < 1.29 is 8.42 Å². The zero-order valence-electron chi connectivity index (χ0n) is 11.8. The molecular formula is C15H21NO2S. The lowest BCUT2D eigenvalue weighted by Crippen LogP contribution is -2.34. The molecule has 3 nitrogen and oxygen atoms in total. The largest absolute Gasteiger partial charge is 0.243 e. The number of sulfonamides is 1. The molecule has 1 heterocycles. The Kier molecular flexibility index (Phi) is 4.11. The number of allylic oxidation sites excluding steroid dienone is 1. The van der Waals surface area contributed by atoms with Crippen LogP contribution in [-0.2, 0) is 10.0 Å². The number of hydrogen-bond acceptors (Lipinski definition) is 2. The standard InChI is InChI=1S/C15H21NO2S/c1-12(2)11-14-5-4-10-16(14)19(17,18)15-8-6-13(3)7-9-15/h6-9,11,14H,4-5,10H2,1-3H3/t14-/m1/s1. The number of benzene rings is 1. The van der Waals surface area contributed by atoms with Crippen LogP contribution in [0.2, 0.25) is 0 Å². The molecule has 19 heavy (non-hydrogen) atoms. The van der Waals surface area contributed by atoms with Crippen molar-refractivity contribution in [1.29, 1.82) is 0 Å². The zero-order chi connectivity index (χ0) is 14.0. The van der Waals surface area contributed by atoms with Gasteiger partial charge in [0.25, 0.3) is 0 Å². The molecule has 104 valence electrons. The van der Waals surface area contributed by atoms with E-state index in [1.807, 2.05) is 32.9 Å². The van der Waals surface area contributed by atoms with Gasteiger partial charge in [-0.2, -0.15) is 4.31 Å². The molecule has 2 rings (SSSR count). The molecule has 0 aliphatic carbocycles. The van der Waals surface area contributed by atoms with E-state index in [1.165, 1.54) is 0 Å². The molecule has 1 aliphatic rings. The lowest BCUT2D eigenvalue weighted by Gasteiger charge is -2.22. The number of rotatable bonds is 3. The third kappa shape index (κ3) is 3.07. The van der Waals surface area contributed by atoms with E-state index in [4.69, 9.17) is 0 Å². The maximum Gasteiger partial charge on any atom is 0.243 e. The Morgan fingerprint density at radius 3 is 2.47 bits per heavy atom. The Balaban J connectivity index is 2.33. The van der Waals surface area contributed by atoms with Crippen molar-refractivity contribution >= 4 is 10.0 Å². The van der Waals surface area contributed by atoms with Crippen LogP contribution in [0.15, 0.2) is 40.8 Å². The van der Waals surface area contributed by atoms with E-state index >= 15 is 0 Å². The maximum atomic E-state index is 12.6.